The third-order valence-corrected chi connectivity index (χ3v) is 3.11. The van der Waals surface area contributed by atoms with Gasteiger partial charge in [0.2, 0.25) is 0 Å². The lowest BCUT2D eigenvalue weighted by molar-refractivity contribution is -0.205. The Morgan fingerprint density at radius 3 is 2.53 bits per heavy atom. The van der Waals surface area contributed by atoms with Crippen LogP contribution in [0.25, 0.3) is 0 Å². The summed E-state index contributed by atoms with van der Waals surface area (Å²) in [4.78, 5) is 11.7. The highest BCUT2D eigenvalue weighted by Crippen LogP contribution is 2.39. The van der Waals surface area contributed by atoms with Gasteiger partial charge >= 0.3 is 5.97 Å². The van der Waals surface area contributed by atoms with Crippen LogP contribution in [0, 0.1) is 5.41 Å². The highest BCUT2D eigenvalue weighted by molar-refractivity contribution is 5.75. The van der Waals surface area contributed by atoms with Crippen LogP contribution in [0.15, 0.2) is 12.2 Å². The molecule has 0 aliphatic carbocycles. The monoisotopic (exact) mass is 270 g/mol. The molecule has 3 atom stereocenters. The maximum absolute atomic E-state index is 11.7. The molecule has 2 fully saturated rings. The first-order valence-corrected chi connectivity index (χ1v) is 6.47. The van der Waals surface area contributed by atoms with E-state index in [1.807, 2.05) is 34.6 Å². The molecule has 0 aromatic heterocycles. The van der Waals surface area contributed by atoms with Crippen LogP contribution in [-0.4, -0.2) is 36.9 Å². The molecule has 0 N–H and O–H groups in total. The molecule has 2 aliphatic heterocycles. The third-order valence-electron chi connectivity index (χ3n) is 3.11. The van der Waals surface area contributed by atoms with Gasteiger partial charge in [-0.05, 0) is 40.2 Å². The van der Waals surface area contributed by atoms with E-state index in [-0.39, 0.29) is 24.8 Å². The fourth-order valence-electron chi connectivity index (χ4n) is 2.03. The van der Waals surface area contributed by atoms with Gasteiger partial charge in [-0.15, -0.1) is 0 Å². The Kier molecular flexibility index (Phi) is 3.49. The highest BCUT2D eigenvalue weighted by Gasteiger charge is 2.51. The van der Waals surface area contributed by atoms with Gasteiger partial charge in [0, 0.05) is 0 Å². The molecule has 19 heavy (non-hydrogen) atoms. The minimum absolute atomic E-state index is 0.148. The number of carbonyl (C=O) groups is 1. The van der Waals surface area contributed by atoms with Crippen LogP contribution in [0.5, 0.6) is 0 Å². The molecule has 2 aliphatic rings. The Morgan fingerprint density at radius 2 is 2.00 bits per heavy atom. The summed E-state index contributed by atoms with van der Waals surface area (Å²) in [7, 11) is 0. The summed E-state index contributed by atoms with van der Waals surface area (Å²) < 4.78 is 22.2. The molecular formula is C14H22O5. The van der Waals surface area contributed by atoms with Crippen molar-refractivity contribution in [2.24, 2.45) is 5.41 Å². The second-order valence-electron chi connectivity index (χ2n) is 6.47. The summed E-state index contributed by atoms with van der Waals surface area (Å²) in [5, 5.41) is 0. The predicted octanol–water partition coefficient (Wildman–Crippen LogP) is 2.01. The first-order chi connectivity index (χ1) is 8.60. The molecule has 2 rings (SSSR count). The average Bonchev–Trinajstić information content (AvgIpc) is 2.69. The lowest BCUT2D eigenvalue weighted by atomic mass is 9.97. The lowest BCUT2D eigenvalue weighted by Gasteiger charge is -2.22. The molecule has 0 radical (unpaired) electrons. The van der Waals surface area contributed by atoms with Crippen molar-refractivity contribution in [2.75, 3.05) is 6.61 Å². The molecule has 0 amide bonds. The Balaban J connectivity index is 1.89. The number of hydrogen-bond donors (Lipinski definition) is 0. The maximum Gasteiger partial charge on any atom is 0.311 e. The van der Waals surface area contributed by atoms with Gasteiger partial charge in [-0.1, -0.05) is 6.58 Å². The second-order valence-corrected chi connectivity index (χ2v) is 6.47. The minimum atomic E-state index is -0.661. The van der Waals surface area contributed by atoms with E-state index in [2.05, 4.69) is 6.58 Å². The zero-order chi connectivity index (χ0) is 14.4. The normalized spacial score (nSPS) is 33.3. The van der Waals surface area contributed by atoms with Gasteiger partial charge in [-0.2, -0.15) is 0 Å². The van der Waals surface area contributed by atoms with E-state index in [4.69, 9.17) is 18.9 Å². The van der Waals surface area contributed by atoms with Crippen molar-refractivity contribution in [1.29, 1.82) is 0 Å². The standard InChI is InChI=1S/C14H22O5/c1-8-9(7-16-12(15)13(2,3)4)17-11-10(8)18-14(5,6)19-11/h9-11H,1,7H2,2-6H3/t9-,10-,11-/m1/s1. The number of ether oxygens (including phenoxy) is 4. The van der Waals surface area contributed by atoms with Crippen LogP contribution >= 0.6 is 0 Å². The van der Waals surface area contributed by atoms with Crippen LogP contribution in [0.2, 0.25) is 0 Å². The zero-order valence-corrected chi connectivity index (χ0v) is 12.2. The molecule has 0 saturated carbocycles. The van der Waals surface area contributed by atoms with Gasteiger partial charge in [-0.3, -0.25) is 4.79 Å². The van der Waals surface area contributed by atoms with Crippen molar-refractivity contribution in [3.05, 3.63) is 12.2 Å². The third kappa shape index (κ3) is 2.99. The zero-order valence-electron chi connectivity index (χ0n) is 12.2. The predicted molar refractivity (Wildman–Crippen MR) is 68.3 cm³/mol. The first-order valence-electron chi connectivity index (χ1n) is 6.47. The van der Waals surface area contributed by atoms with Crippen molar-refractivity contribution in [3.63, 3.8) is 0 Å². The van der Waals surface area contributed by atoms with Crippen molar-refractivity contribution in [2.45, 2.75) is 58.9 Å². The van der Waals surface area contributed by atoms with E-state index in [0.29, 0.717) is 0 Å². The Bertz CT molecular complexity index is 393. The van der Waals surface area contributed by atoms with Gasteiger partial charge in [-0.25, -0.2) is 0 Å². The smallest absolute Gasteiger partial charge is 0.311 e. The molecule has 2 heterocycles. The summed E-state index contributed by atoms with van der Waals surface area (Å²) in [5.74, 6) is -0.922. The van der Waals surface area contributed by atoms with Gasteiger partial charge in [0.05, 0.1) is 5.41 Å². The second kappa shape index (κ2) is 4.58. The average molecular weight is 270 g/mol. The van der Waals surface area contributed by atoms with Crippen molar-refractivity contribution >= 4 is 5.97 Å². The number of fused-ring (bicyclic) bond motifs is 1. The van der Waals surface area contributed by atoms with Crippen LogP contribution < -0.4 is 0 Å². The SMILES string of the molecule is C=C1[C@H]2OC(C)(C)O[C@H]2O[C@@H]1COC(=O)C(C)(C)C. The summed E-state index contributed by atoms with van der Waals surface area (Å²) in [6.07, 6.45) is -1.11. The molecule has 0 bridgehead atoms. The summed E-state index contributed by atoms with van der Waals surface area (Å²) in [6, 6.07) is 0. The summed E-state index contributed by atoms with van der Waals surface area (Å²) in [5.41, 5.74) is 0.238. The maximum atomic E-state index is 11.7. The van der Waals surface area contributed by atoms with Crippen LogP contribution in [-0.2, 0) is 23.7 Å². The summed E-state index contributed by atoms with van der Waals surface area (Å²) in [6.45, 7) is 13.2. The number of esters is 1. The highest BCUT2D eigenvalue weighted by atomic mass is 16.8. The fraction of sp³-hybridized carbons (Fsp3) is 0.786. The quantitative estimate of drug-likeness (QED) is 0.567. The number of rotatable bonds is 2. The van der Waals surface area contributed by atoms with Gasteiger partial charge in [0.15, 0.2) is 12.1 Å². The summed E-state index contributed by atoms with van der Waals surface area (Å²) >= 11 is 0. The van der Waals surface area contributed by atoms with E-state index in [9.17, 15) is 4.79 Å². The van der Waals surface area contributed by atoms with Gasteiger partial charge < -0.3 is 18.9 Å². The molecular weight excluding hydrogens is 248 g/mol. The minimum Gasteiger partial charge on any atom is -0.462 e. The van der Waals surface area contributed by atoms with Crippen molar-refractivity contribution in [1.82, 2.24) is 0 Å². The van der Waals surface area contributed by atoms with Gasteiger partial charge in [0.25, 0.3) is 0 Å². The van der Waals surface area contributed by atoms with Crippen LogP contribution in [0.4, 0.5) is 0 Å². The van der Waals surface area contributed by atoms with E-state index in [1.54, 1.807) is 0 Å². The number of hydrogen-bond acceptors (Lipinski definition) is 5. The molecule has 5 nitrogen and oxygen atoms in total. The van der Waals surface area contributed by atoms with E-state index in [0.717, 1.165) is 5.57 Å². The Labute approximate surface area is 113 Å². The van der Waals surface area contributed by atoms with E-state index >= 15 is 0 Å². The molecule has 0 spiro atoms. The fourth-order valence-corrected chi connectivity index (χ4v) is 2.03. The molecule has 5 heteroatoms. The molecule has 0 aromatic carbocycles. The largest absolute Gasteiger partial charge is 0.462 e. The van der Waals surface area contributed by atoms with Crippen molar-refractivity contribution in [3.8, 4) is 0 Å². The molecule has 0 aromatic rings. The van der Waals surface area contributed by atoms with Crippen LogP contribution in [0.1, 0.15) is 34.6 Å². The molecule has 2 saturated heterocycles. The van der Waals surface area contributed by atoms with E-state index in [1.165, 1.54) is 0 Å². The van der Waals surface area contributed by atoms with Gasteiger partial charge in [0.1, 0.15) is 18.8 Å². The topological polar surface area (TPSA) is 54.0 Å². The van der Waals surface area contributed by atoms with Crippen molar-refractivity contribution < 1.29 is 23.7 Å². The Hall–Kier alpha value is -0.910. The first kappa shape index (κ1) is 14.5. The molecule has 108 valence electrons. The Morgan fingerprint density at radius 1 is 1.37 bits per heavy atom. The van der Waals surface area contributed by atoms with E-state index < -0.39 is 17.5 Å². The van der Waals surface area contributed by atoms with Crippen LogP contribution in [0.3, 0.4) is 0 Å². The molecule has 0 unspecified atom stereocenters. The number of carbonyl (C=O) groups excluding carboxylic acids is 1. The lowest BCUT2D eigenvalue weighted by Crippen LogP contribution is -2.30.